The van der Waals surface area contributed by atoms with Gasteiger partial charge in [0.15, 0.2) is 12.1 Å². The molecule has 5 heteroatoms. The van der Waals surface area contributed by atoms with Crippen LogP contribution in [0.3, 0.4) is 0 Å². The second-order valence-electron chi connectivity index (χ2n) is 3.74. The molecule has 0 amide bonds. The van der Waals surface area contributed by atoms with E-state index in [0.29, 0.717) is 25.7 Å². The molecule has 1 saturated heterocycles. The molecule has 5 nitrogen and oxygen atoms in total. The number of hydrogen-bond donors (Lipinski definition) is 1. The number of nitrogens with zero attached hydrogens (tertiary/aromatic N) is 3. The molecule has 0 saturated carbocycles. The van der Waals surface area contributed by atoms with Crippen LogP contribution in [0, 0.1) is 11.3 Å². The molecule has 1 aliphatic heterocycles. The fourth-order valence-corrected chi connectivity index (χ4v) is 1.64. The fraction of sp³-hybridized carbons (Fsp3) is 0.333. The Bertz CT molecular complexity index is 438. The highest BCUT2D eigenvalue weighted by molar-refractivity contribution is 5.81. The second kappa shape index (κ2) is 5.32. The molecule has 0 spiro atoms. The standard InChI is InChI=1S/C12H14N4O/c13-8-11-9-16(6-7-17-11)12(14)15-10-4-2-1-3-5-10/h1-5,11H,6-7,9H2,(H2,14,15). The van der Waals surface area contributed by atoms with Gasteiger partial charge in [0.1, 0.15) is 0 Å². The first-order chi connectivity index (χ1) is 8.29. The van der Waals surface area contributed by atoms with Crippen LogP contribution in [0.25, 0.3) is 0 Å². The Kier molecular flexibility index (Phi) is 3.58. The zero-order chi connectivity index (χ0) is 12.1. The van der Waals surface area contributed by atoms with Crippen LogP contribution < -0.4 is 5.73 Å². The summed E-state index contributed by atoms with van der Waals surface area (Å²) >= 11 is 0. The molecule has 1 aromatic carbocycles. The molecule has 88 valence electrons. The maximum Gasteiger partial charge on any atom is 0.196 e. The highest BCUT2D eigenvalue weighted by Crippen LogP contribution is 2.11. The van der Waals surface area contributed by atoms with E-state index in [9.17, 15) is 0 Å². The first-order valence-corrected chi connectivity index (χ1v) is 5.45. The summed E-state index contributed by atoms with van der Waals surface area (Å²) in [4.78, 5) is 6.17. The van der Waals surface area contributed by atoms with Gasteiger partial charge < -0.3 is 15.4 Å². The normalized spacial score (nSPS) is 21.0. The molecule has 1 aromatic rings. The van der Waals surface area contributed by atoms with E-state index < -0.39 is 6.10 Å². The van der Waals surface area contributed by atoms with Gasteiger partial charge in [0.2, 0.25) is 0 Å². The molecule has 1 fully saturated rings. The third-order valence-corrected chi connectivity index (χ3v) is 2.53. The number of nitriles is 1. The van der Waals surface area contributed by atoms with Crippen LogP contribution in [-0.2, 0) is 4.74 Å². The topological polar surface area (TPSA) is 74.6 Å². The Labute approximate surface area is 100 Å². The smallest absolute Gasteiger partial charge is 0.196 e. The van der Waals surface area contributed by atoms with E-state index in [-0.39, 0.29) is 0 Å². The summed E-state index contributed by atoms with van der Waals surface area (Å²) in [6.45, 7) is 1.64. The molecule has 2 N–H and O–H groups in total. The number of nitrogens with two attached hydrogens (primary N) is 1. The molecular formula is C12H14N4O. The van der Waals surface area contributed by atoms with Gasteiger partial charge in [0.05, 0.1) is 24.9 Å². The number of rotatable bonds is 1. The zero-order valence-electron chi connectivity index (χ0n) is 9.41. The minimum atomic E-state index is -0.423. The molecule has 1 heterocycles. The zero-order valence-corrected chi connectivity index (χ0v) is 9.41. The average Bonchev–Trinajstić information content (AvgIpc) is 2.40. The van der Waals surface area contributed by atoms with Crippen molar-refractivity contribution in [2.45, 2.75) is 6.10 Å². The van der Waals surface area contributed by atoms with E-state index in [1.807, 2.05) is 35.2 Å². The van der Waals surface area contributed by atoms with Crippen molar-refractivity contribution in [3.63, 3.8) is 0 Å². The van der Waals surface area contributed by atoms with E-state index >= 15 is 0 Å². The van der Waals surface area contributed by atoms with E-state index in [2.05, 4.69) is 11.1 Å². The molecule has 0 aliphatic carbocycles. The molecule has 0 bridgehead atoms. The van der Waals surface area contributed by atoms with Crippen molar-refractivity contribution in [2.75, 3.05) is 19.7 Å². The van der Waals surface area contributed by atoms with Crippen molar-refractivity contribution in [2.24, 2.45) is 10.7 Å². The maximum absolute atomic E-state index is 8.80. The van der Waals surface area contributed by atoms with E-state index in [1.54, 1.807) is 0 Å². The van der Waals surface area contributed by atoms with E-state index in [1.165, 1.54) is 0 Å². The summed E-state index contributed by atoms with van der Waals surface area (Å²) in [7, 11) is 0. The SMILES string of the molecule is N#CC1CN(C(N)=Nc2ccccc2)CCO1. The Morgan fingerprint density at radius 2 is 2.24 bits per heavy atom. The summed E-state index contributed by atoms with van der Waals surface area (Å²) in [5.41, 5.74) is 6.72. The first kappa shape index (κ1) is 11.4. The van der Waals surface area contributed by atoms with Gasteiger partial charge in [-0.15, -0.1) is 0 Å². The van der Waals surface area contributed by atoms with Crippen LogP contribution in [-0.4, -0.2) is 36.7 Å². The van der Waals surface area contributed by atoms with Crippen molar-refractivity contribution in [3.8, 4) is 6.07 Å². The maximum atomic E-state index is 8.80. The quantitative estimate of drug-likeness (QED) is 0.573. The van der Waals surface area contributed by atoms with Crippen LogP contribution in [0.5, 0.6) is 0 Å². The highest BCUT2D eigenvalue weighted by atomic mass is 16.5. The van der Waals surface area contributed by atoms with Gasteiger partial charge in [-0.1, -0.05) is 18.2 Å². The lowest BCUT2D eigenvalue weighted by molar-refractivity contribution is 0.0261. The van der Waals surface area contributed by atoms with Crippen LogP contribution >= 0.6 is 0 Å². The van der Waals surface area contributed by atoms with Gasteiger partial charge in [-0.25, -0.2) is 4.99 Å². The third kappa shape index (κ3) is 2.95. The van der Waals surface area contributed by atoms with Gasteiger partial charge in [-0.2, -0.15) is 5.26 Å². The summed E-state index contributed by atoms with van der Waals surface area (Å²) in [5.74, 6) is 0.430. The van der Waals surface area contributed by atoms with Gasteiger partial charge >= 0.3 is 0 Å². The van der Waals surface area contributed by atoms with Gasteiger partial charge in [-0.3, -0.25) is 0 Å². The molecule has 1 atom stereocenters. The lowest BCUT2D eigenvalue weighted by Crippen LogP contribution is -2.48. The Morgan fingerprint density at radius 3 is 2.94 bits per heavy atom. The van der Waals surface area contributed by atoms with Crippen molar-refractivity contribution in [1.82, 2.24) is 4.90 Å². The number of morpholine rings is 1. The minimum Gasteiger partial charge on any atom is -0.369 e. The number of benzene rings is 1. The van der Waals surface area contributed by atoms with E-state index in [4.69, 9.17) is 15.7 Å². The summed E-state index contributed by atoms with van der Waals surface area (Å²) in [5, 5.41) is 8.80. The molecule has 1 aliphatic rings. The lowest BCUT2D eigenvalue weighted by atomic mass is 10.3. The van der Waals surface area contributed by atoms with Crippen molar-refractivity contribution in [1.29, 1.82) is 5.26 Å². The number of guanidine groups is 1. The summed E-state index contributed by atoms with van der Waals surface area (Å²) in [6.07, 6.45) is -0.423. The molecule has 2 rings (SSSR count). The minimum absolute atomic E-state index is 0.423. The van der Waals surface area contributed by atoms with Gasteiger partial charge in [0.25, 0.3) is 0 Å². The van der Waals surface area contributed by atoms with E-state index in [0.717, 1.165) is 5.69 Å². The summed E-state index contributed by atoms with van der Waals surface area (Å²) < 4.78 is 5.24. The number of para-hydroxylation sites is 1. The fourth-order valence-electron chi connectivity index (χ4n) is 1.64. The average molecular weight is 230 g/mol. The molecule has 1 unspecified atom stereocenters. The monoisotopic (exact) mass is 230 g/mol. The number of ether oxygens (including phenoxy) is 1. The molecular weight excluding hydrogens is 216 g/mol. The lowest BCUT2D eigenvalue weighted by Gasteiger charge is -2.30. The summed E-state index contributed by atoms with van der Waals surface area (Å²) in [6, 6.07) is 11.6. The predicted octanol–water partition coefficient (Wildman–Crippen LogP) is 0.857. The van der Waals surface area contributed by atoms with Crippen LogP contribution in [0.4, 0.5) is 5.69 Å². The predicted molar refractivity (Wildman–Crippen MR) is 64.7 cm³/mol. The number of hydrogen-bond acceptors (Lipinski definition) is 3. The highest BCUT2D eigenvalue weighted by Gasteiger charge is 2.21. The van der Waals surface area contributed by atoms with Crippen molar-refractivity contribution >= 4 is 11.6 Å². The van der Waals surface area contributed by atoms with Crippen molar-refractivity contribution in [3.05, 3.63) is 30.3 Å². The van der Waals surface area contributed by atoms with Crippen molar-refractivity contribution < 1.29 is 4.74 Å². The Balaban J connectivity index is 2.07. The second-order valence-corrected chi connectivity index (χ2v) is 3.74. The number of aliphatic imine (C=N–C) groups is 1. The molecule has 0 radical (unpaired) electrons. The van der Waals surface area contributed by atoms with Gasteiger partial charge in [-0.05, 0) is 12.1 Å². The van der Waals surface area contributed by atoms with Gasteiger partial charge in [0, 0.05) is 6.54 Å². The van der Waals surface area contributed by atoms with Crippen LogP contribution in [0.2, 0.25) is 0 Å². The van der Waals surface area contributed by atoms with Crippen LogP contribution in [0.1, 0.15) is 0 Å². The Morgan fingerprint density at radius 1 is 1.47 bits per heavy atom. The van der Waals surface area contributed by atoms with Crippen LogP contribution in [0.15, 0.2) is 35.3 Å². The Hall–Kier alpha value is -2.06. The largest absolute Gasteiger partial charge is 0.369 e. The molecule has 0 aromatic heterocycles. The third-order valence-electron chi connectivity index (χ3n) is 2.53. The first-order valence-electron chi connectivity index (χ1n) is 5.45. The molecule has 17 heavy (non-hydrogen) atoms.